The molecule has 0 radical (unpaired) electrons. The summed E-state index contributed by atoms with van der Waals surface area (Å²) in [5, 5.41) is 13.6. The largest absolute Gasteiger partial charge is 0.394 e. The summed E-state index contributed by atoms with van der Waals surface area (Å²) in [5.74, 6) is 0.641. The van der Waals surface area contributed by atoms with Gasteiger partial charge in [0.2, 0.25) is 0 Å². The van der Waals surface area contributed by atoms with Gasteiger partial charge in [-0.25, -0.2) is 0 Å². The number of rotatable bonds is 6. The molecule has 1 aromatic rings. The Balaban J connectivity index is 2.67. The van der Waals surface area contributed by atoms with Gasteiger partial charge in [0.15, 0.2) is 0 Å². The van der Waals surface area contributed by atoms with Crippen molar-refractivity contribution in [1.82, 2.24) is 0 Å². The number of hydrogen-bond acceptors (Lipinski definition) is 2. The van der Waals surface area contributed by atoms with Crippen LogP contribution in [0.25, 0.3) is 0 Å². The van der Waals surface area contributed by atoms with Crippen LogP contribution in [0.5, 0.6) is 0 Å². The molecule has 17 heavy (non-hydrogen) atoms. The van der Waals surface area contributed by atoms with Gasteiger partial charge in [-0.2, -0.15) is 0 Å². The van der Waals surface area contributed by atoms with Crippen LogP contribution in [0.15, 0.2) is 24.3 Å². The predicted molar refractivity (Wildman–Crippen MR) is 74.6 cm³/mol. The number of nitrogens with one attached hydrogen (secondary N) is 1. The summed E-state index contributed by atoms with van der Waals surface area (Å²) in [6.07, 6.45) is 2.03. The molecule has 1 atom stereocenters. The second kappa shape index (κ2) is 6.27. The molecule has 2 nitrogen and oxygen atoms in total. The Labute approximate surface area is 109 Å². The van der Waals surface area contributed by atoms with E-state index >= 15 is 0 Å². The van der Waals surface area contributed by atoms with Gasteiger partial charge in [-0.3, -0.25) is 0 Å². The first-order valence-electron chi connectivity index (χ1n) is 6.10. The van der Waals surface area contributed by atoms with Crippen LogP contribution in [0.4, 0.5) is 5.69 Å². The van der Waals surface area contributed by atoms with Crippen LogP contribution in [0.3, 0.4) is 0 Å². The van der Waals surface area contributed by atoms with Gasteiger partial charge in [0, 0.05) is 10.7 Å². The number of anilines is 1. The van der Waals surface area contributed by atoms with Crippen LogP contribution in [0.1, 0.15) is 33.6 Å². The second-order valence-electron chi connectivity index (χ2n) is 5.29. The molecular formula is C14H22ClNO. The van der Waals surface area contributed by atoms with Crippen molar-refractivity contribution in [2.24, 2.45) is 5.92 Å². The van der Waals surface area contributed by atoms with Gasteiger partial charge in [0.25, 0.3) is 0 Å². The average Bonchev–Trinajstić information content (AvgIpc) is 2.26. The smallest absolute Gasteiger partial charge is 0.0658 e. The van der Waals surface area contributed by atoms with Gasteiger partial charge in [-0.15, -0.1) is 0 Å². The highest BCUT2D eigenvalue weighted by Gasteiger charge is 2.23. The lowest BCUT2D eigenvalue weighted by Gasteiger charge is -2.30. The molecule has 0 fully saturated rings. The van der Waals surface area contributed by atoms with Crippen molar-refractivity contribution < 1.29 is 5.11 Å². The molecule has 1 rings (SSSR count). The van der Waals surface area contributed by atoms with E-state index in [2.05, 4.69) is 19.2 Å². The Morgan fingerprint density at radius 2 is 2.12 bits per heavy atom. The fourth-order valence-corrected chi connectivity index (χ4v) is 1.89. The van der Waals surface area contributed by atoms with Gasteiger partial charge in [0.1, 0.15) is 0 Å². The predicted octanol–water partition coefficient (Wildman–Crippen LogP) is 3.94. The summed E-state index contributed by atoms with van der Waals surface area (Å²) in [6, 6.07) is 7.60. The lowest BCUT2D eigenvalue weighted by Crippen LogP contribution is -2.39. The van der Waals surface area contributed by atoms with Crippen LogP contribution < -0.4 is 5.32 Å². The fraction of sp³-hybridized carbons (Fsp3) is 0.571. The van der Waals surface area contributed by atoms with Crippen molar-refractivity contribution in [2.75, 3.05) is 11.9 Å². The Kier molecular flexibility index (Phi) is 5.29. The topological polar surface area (TPSA) is 32.3 Å². The molecule has 3 heteroatoms. The van der Waals surface area contributed by atoms with Gasteiger partial charge in [0.05, 0.1) is 12.1 Å². The SMILES string of the molecule is CC(C)CCC(C)(CO)Nc1cccc(Cl)c1. The standard InChI is InChI=1S/C14H22ClNO/c1-11(2)7-8-14(3,10-17)16-13-6-4-5-12(15)9-13/h4-6,9,11,16-17H,7-8,10H2,1-3H3. The van der Waals surface area contributed by atoms with Gasteiger partial charge >= 0.3 is 0 Å². The number of halogens is 1. The second-order valence-corrected chi connectivity index (χ2v) is 5.72. The van der Waals surface area contributed by atoms with Crippen LogP contribution in [0.2, 0.25) is 5.02 Å². The number of hydrogen-bond donors (Lipinski definition) is 2. The first-order valence-corrected chi connectivity index (χ1v) is 6.47. The molecule has 0 heterocycles. The minimum atomic E-state index is -0.283. The molecule has 0 bridgehead atoms. The van der Waals surface area contributed by atoms with Crippen molar-refractivity contribution in [3.8, 4) is 0 Å². The molecule has 0 saturated heterocycles. The van der Waals surface area contributed by atoms with E-state index in [1.165, 1.54) is 0 Å². The van der Waals surface area contributed by atoms with Gasteiger partial charge < -0.3 is 10.4 Å². The zero-order valence-corrected chi connectivity index (χ0v) is 11.6. The molecule has 0 spiro atoms. The van der Waals surface area contributed by atoms with Crippen molar-refractivity contribution in [2.45, 2.75) is 39.2 Å². The maximum absolute atomic E-state index is 9.53. The number of benzene rings is 1. The molecule has 96 valence electrons. The molecule has 0 saturated carbocycles. The molecule has 2 N–H and O–H groups in total. The monoisotopic (exact) mass is 255 g/mol. The maximum atomic E-state index is 9.53. The summed E-state index contributed by atoms with van der Waals surface area (Å²) < 4.78 is 0. The van der Waals surface area contributed by atoms with Crippen molar-refractivity contribution >= 4 is 17.3 Å². The quantitative estimate of drug-likeness (QED) is 0.807. The normalized spacial score (nSPS) is 14.7. The third kappa shape index (κ3) is 4.97. The number of aliphatic hydroxyl groups excluding tert-OH is 1. The zero-order chi connectivity index (χ0) is 12.9. The van der Waals surface area contributed by atoms with Crippen molar-refractivity contribution in [3.63, 3.8) is 0 Å². The van der Waals surface area contributed by atoms with E-state index in [1.807, 2.05) is 31.2 Å². The minimum Gasteiger partial charge on any atom is -0.394 e. The molecule has 1 aromatic carbocycles. The maximum Gasteiger partial charge on any atom is 0.0658 e. The average molecular weight is 256 g/mol. The summed E-state index contributed by atoms with van der Waals surface area (Å²) in [7, 11) is 0. The van der Waals surface area contributed by atoms with Crippen LogP contribution in [-0.4, -0.2) is 17.3 Å². The molecule has 0 aliphatic rings. The van der Waals surface area contributed by atoms with Crippen LogP contribution in [0, 0.1) is 5.92 Å². The third-order valence-electron chi connectivity index (χ3n) is 2.89. The van der Waals surface area contributed by atoms with E-state index < -0.39 is 0 Å². The first kappa shape index (κ1) is 14.3. The van der Waals surface area contributed by atoms with E-state index in [1.54, 1.807) is 0 Å². The van der Waals surface area contributed by atoms with Gasteiger partial charge in [-0.05, 0) is 43.9 Å². The van der Waals surface area contributed by atoms with E-state index in [-0.39, 0.29) is 12.1 Å². The summed E-state index contributed by atoms with van der Waals surface area (Å²) in [4.78, 5) is 0. The van der Waals surface area contributed by atoms with E-state index in [0.29, 0.717) is 10.9 Å². The van der Waals surface area contributed by atoms with Crippen LogP contribution in [-0.2, 0) is 0 Å². The highest BCUT2D eigenvalue weighted by atomic mass is 35.5. The Bertz CT molecular complexity index is 354. The first-order chi connectivity index (χ1) is 7.95. The van der Waals surface area contributed by atoms with Crippen molar-refractivity contribution in [3.05, 3.63) is 29.3 Å². The number of aliphatic hydroxyl groups is 1. The van der Waals surface area contributed by atoms with E-state index in [4.69, 9.17) is 11.6 Å². The van der Waals surface area contributed by atoms with E-state index in [0.717, 1.165) is 18.5 Å². The Morgan fingerprint density at radius 1 is 1.41 bits per heavy atom. The summed E-state index contributed by atoms with van der Waals surface area (Å²) in [6.45, 7) is 6.54. The molecule has 0 amide bonds. The fourth-order valence-electron chi connectivity index (χ4n) is 1.70. The molecule has 1 unspecified atom stereocenters. The molecule has 0 aliphatic heterocycles. The third-order valence-corrected chi connectivity index (χ3v) is 3.13. The summed E-state index contributed by atoms with van der Waals surface area (Å²) >= 11 is 5.94. The molecule has 0 aromatic heterocycles. The lowest BCUT2D eigenvalue weighted by atomic mass is 9.92. The highest BCUT2D eigenvalue weighted by Crippen LogP contribution is 2.23. The Hall–Kier alpha value is -0.730. The molecule has 0 aliphatic carbocycles. The summed E-state index contributed by atoms with van der Waals surface area (Å²) in [5.41, 5.74) is 0.674. The van der Waals surface area contributed by atoms with Crippen molar-refractivity contribution in [1.29, 1.82) is 0 Å². The lowest BCUT2D eigenvalue weighted by molar-refractivity contribution is 0.208. The minimum absolute atomic E-state index is 0.117. The highest BCUT2D eigenvalue weighted by molar-refractivity contribution is 6.30. The van der Waals surface area contributed by atoms with E-state index in [9.17, 15) is 5.11 Å². The Morgan fingerprint density at radius 3 is 2.65 bits per heavy atom. The molecular weight excluding hydrogens is 234 g/mol. The van der Waals surface area contributed by atoms with Gasteiger partial charge in [-0.1, -0.05) is 31.5 Å². The van der Waals surface area contributed by atoms with Crippen LogP contribution >= 0.6 is 11.6 Å². The zero-order valence-electron chi connectivity index (χ0n) is 10.8.